The number of hydrogen-bond donors (Lipinski definition) is 1. The van der Waals surface area contributed by atoms with E-state index in [0.717, 1.165) is 23.9 Å². The van der Waals surface area contributed by atoms with Crippen LogP contribution in [0.4, 0.5) is 23.2 Å². The molecule has 0 aliphatic carbocycles. The Morgan fingerprint density at radius 1 is 1.03 bits per heavy atom. The van der Waals surface area contributed by atoms with E-state index in [4.69, 9.17) is 0 Å². The van der Waals surface area contributed by atoms with Crippen LogP contribution < -0.4 is 5.32 Å². The van der Waals surface area contributed by atoms with Crippen molar-refractivity contribution in [2.24, 2.45) is 0 Å². The number of benzene rings is 2. The van der Waals surface area contributed by atoms with Gasteiger partial charge in [0.1, 0.15) is 5.82 Å². The first-order valence-corrected chi connectivity index (χ1v) is 10.9. The largest absolute Gasteiger partial charge is 0.416 e. The van der Waals surface area contributed by atoms with Gasteiger partial charge < -0.3 is 5.32 Å². The summed E-state index contributed by atoms with van der Waals surface area (Å²) in [4.78, 5) is 14.6. The predicted octanol–water partition coefficient (Wildman–Crippen LogP) is 5.17. The fourth-order valence-corrected chi connectivity index (χ4v) is 3.76. The number of nitrogens with zero attached hydrogens (tertiary/aromatic N) is 4. The number of aromatic nitrogens is 3. The lowest BCUT2D eigenvalue weighted by atomic mass is 10.2. The molecule has 2 atom stereocenters. The zero-order valence-electron chi connectivity index (χ0n) is 18.4. The van der Waals surface area contributed by atoms with Gasteiger partial charge in [-0.15, -0.1) is 10.2 Å². The van der Waals surface area contributed by atoms with E-state index in [9.17, 15) is 22.4 Å². The lowest BCUT2D eigenvalue weighted by Crippen LogP contribution is -2.23. The molecular weight excluding hydrogens is 458 g/mol. The topological polar surface area (TPSA) is 63.1 Å². The van der Waals surface area contributed by atoms with E-state index in [2.05, 4.69) is 15.5 Å². The van der Waals surface area contributed by atoms with Gasteiger partial charge in [-0.05, 0) is 76.5 Å². The van der Waals surface area contributed by atoms with Crippen LogP contribution in [0.25, 0.3) is 5.69 Å². The summed E-state index contributed by atoms with van der Waals surface area (Å²) in [5.74, 6) is -0.174. The van der Waals surface area contributed by atoms with E-state index < -0.39 is 22.9 Å². The van der Waals surface area contributed by atoms with Gasteiger partial charge in [-0.1, -0.05) is 11.8 Å². The molecule has 0 radical (unpaired) electrons. The molecule has 3 rings (SSSR count). The molecule has 0 fully saturated rings. The standard InChI is InChI=1S/C22H23F4N5OS/c1-13(30(3)4)19-28-29-21(31(19)18-11-7-16(23)8-12-18)33-14(2)20(32)27-17-9-5-15(6-10-17)22(24,25)26/h5-14H,1-4H3,(H,27,32). The predicted molar refractivity (Wildman–Crippen MR) is 119 cm³/mol. The molecule has 0 bridgehead atoms. The third-order valence-electron chi connectivity index (χ3n) is 5.02. The van der Waals surface area contributed by atoms with Crippen molar-refractivity contribution in [1.82, 2.24) is 19.7 Å². The van der Waals surface area contributed by atoms with Gasteiger partial charge in [0.15, 0.2) is 11.0 Å². The molecule has 0 aliphatic heterocycles. The molecule has 1 aromatic heterocycles. The summed E-state index contributed by atoms with van der Waals surface area (Å²) < 4.78 is 53.4. The summed E-state index contributed by atoms with van der Waals surface area (Å²) in [6.45, 7) is 3.60. The van der Waals surface area contributed by atoms with Gasteiger partial charge in [0.2, 0.25) is 5.91 Å². The molecule has 0 aliphatic rings. The van der Waals surface area contributed by atoms with Crippen molar-refractivity contribution in [2.45, 2.75) is 36.5 Å². The lowest BCUT2D eigenvalue weighted by Gasteiger charge is -2.21. The highest BCUT2D eigenvalue weighted by atomic mass is 32.2. The summed E-state index contributed by atoms with van der Waals surface area (Å²) >= 11 is 1.14. The molecule has 0 spiro atoms. The van der Waals surface area contributed by atoms with Crippen molar-refractivity contribution in [3.63, 3.8) is 0 Å². The zero-order valence-corrected chi connectivity index (χ0v) is 19.2. The fourth-order valence-electron chi connectivity index (χ4n) is 2.89. The number of hydrogen-bond acceptors (Lipinski definition) is 5. The number of anilines is 1. The second-order valence-corrected chi connectivity index (χ2v) is 8.92. The number of carbonyl (C=O) groups is 1. The minimum absolute atomic E-state index is 0.117. The Morgan fingerprint density at radius 2 is 1.64 bits per heavy atom. The highest BCUT2D eigenvalue weighted by Crippen LogP contribution is 2.31. The summed E-state index contributed by atoms with van der Waals surface area (Å²) in [5, 5.41) is 10.9. The van der Waals surface area contributed by atoms with E-state index >= 15 is 0 Å². The highest BCUT2D eigenvalue weighted by molar-refractivity contribution is 8.00. The first kappa shape index (κ1) is 24.7. The molecule has 2 aromatic carbocycles. The van der Waals surface area contributed by atoms with E-state index in [1.54, 1.807) is 23.6 Å². The van der Waals surface area contributed by atoms with Crippen LogP contribution in [0, 0.1) is 5.82 Å². The van der Waals surface area contributed by atoms with Crippen molar-refractivity contribution in [2.75, 3.05) is 19.4 Å². The minimum atomic E-state index is -4.45. The Bertz CT molecular complexity index is 1100. The first-order chi connectivity index (χ1) is 15.5. The minimum Gasteiger partial charge on any atom is -0.325 e. The number of nitrogens with one attached hydrogen (secondary N) is 1. The van der Waals surface area contributed by atoms with Gasteiger partial charge in [-0.3, -0.25) is 14.3 Å². The molecule has 0 saturated carbocycles. The molecule has 1 N–H and O–H groups in total. The van der Waals surface area contributed by atoms with Crippen molar-refractivity contribution in [3.8, 4) is 5.69 Å². The molecule has 0 saturated heterocycles. The summed E-state index contributed by atoms with van der Waals surface area (Å²) in [7, 11) is 3.78. The summed E-state index contributed by atoms with van der Waals surface area (Å²) in [6, 6.07) is 9.97. The average molecular weight is 482 g/mol. The van der Waals surface area contributed by atoms with Gasteiger partial charge in [-0.2, -0.15) is 13.2 Å². The Hall–Kier alpha value is -2.92. The average Bonchev–Trinajstić information content (AvgIpc) is 3.16. The maximum atomic E-state index is 13.5. The maximum Gasteiger partial charge on any atom is 0.416 e. The number of thioether (sulfide) groups is 1. The summed E-state index contributed by atoms with van der Waals surface area (Å²) in [6.07, 6.45) is -4.45. The number of amides is 1. The van der Waals surface area contributed by atoms with Crippen LogP contribution in [0.3, 0.4) is 0 Å². The van der Waals surface area contributed by atoms with Gasteiger partial charge in [0.25, 0.3) is 0 Å². The van der Waals surface area contributed by atoms with Gasteiger partial charge in [0, 0.05) is 11.4 Å². The second kappa shape index (κ2) is 9.92. The molecule has 2 unspecified atom stereocenters. The van der Waals surface area contributed by atoms with Crippen LogP contribution in [-0.4, -0.2) is 44.9 Å². The number of alkyl halides is 3. The van der Waals surface area contributed by atoms with Gasteiger partial charge in [0.05, 0.1) is 16.9 Å². The Kier molecular flexibility index (Phi) is 7.43. The van der Waals surface area contributed by atoms with E-state index in [1.165, 1.54) is 24.3 Å². The van der Waals surface area contributed by atoms with Crippen molar-refractivity contribution < 1.29 is 22.4 Å². The van der Waals surface area contributed by atoms with Crippen LogP contribution in [0.1, 0.15) is 31.3 Å². The third kappa shape index (κ3) is 5.91. The smallest absolute Gasteiger partial charge is 0.325 e. The molecule has 176 valence electrons. The summed E-state index contributed by atoms with van der Waals surface area (Å²) in [5.41, 5.74) is 0.100. The van der Waals surface area contributed by atoms with E-state index in [-0.39, 0.29) is 17.5 Å². The fraction of sp³-hybridized carbons (Fsp3) is 0.318. The molecule has 6 nitrogen and oxygen atoms in total. The molecule has 3 aromatic rings. The van der Waals surface area contributed by atoms with Crippen LogP contribution in [-0.2, 0) is 11.0 Å². The molecule has 1 heterocycles. The third-order valence-corrected chi connectivity index (χ3v) is 6.07. The van der Waals surface area contributed by atoms with Crippen LogP contribution >= 0.6 is 11.8 Å². The first-order valence-electron chi connectivity index (χ1n) is 10.00. The monoisotopic (exact) mass is 481 g/mol. The van der Waals surface area contributed by atoms with E-state index in [1.807, 2.05) is 25.9 Å². The SMILES string of the molecule is CC(Sc1nnc(C(C)N(C)C)n1-c1ccc(F)cc1)C(=O)Nc1ccc(C(F)(F)F)cc1. The quantitative estimate of drug-likeness (QED) is 0.373. The number of carbonyl (C=O) groups excluding carboxylic acids is 1. The normalized spacial score (nSPS) is 13.7. The van der Waals surface area contributed by atoms with Crippen LogP contribution in [0.15, 0.2) is 53.7 Å². The molecule has 11 heteroatoms. The highest BCUT2D eigenvalue weighted by Gasteiger charge is 2.30. The maximum absolute atomic E-state index is 13.5. The van der Waals surface area contributed by atoms with Crippen LogP contribution in [0.2, 0.25) is 0 Å². The number of rotatable bonds is 7. The van der Waals surface area contributed by atoms with Gasteiger partial charge >= 0.3 is 6.18 Å². The number of halogens is 4. The molecule has 1 amide bonds. The molecule has 33 heavy (non-hydrogen) atoms. The lowest BCUT2D eigenvalue weighted by molar-refractivity contribution is -0.137. The Balaban J connectivity index is 1.81. The van der Waals surface area contributed by atoms with Gasteiger partial charge in [-0.25, -0.2) is 4.39 Å². The molecular formula is C22H23F4N5OS. The zero-order chi connectivity index (χ0) is 24.3. The van der Waals surface area contributed by atoms with Crippen molar-refractivity contribution >= 4 is 23.4 Å². The Labute approximate surface area is 193 Å². The van der Waals surface area contributed by atoms with Crippen molar-refractivity contribution in [3.05, 3.63) is 65.7 Å². The Morgan fingerprint density at radius 3 is 2.18 bits per heavy atom. The van der Waals surface area contributed by atoms with Crippen molar-refractivity contribution in [1.29, 1.82) is 0 Å². The van der Waals surface area contributed by atoms with E-state index in [0.29, 0.717) is 16.7 Å². The second-order valence-electron chi connectivity index (χ2n) is 7.62. The van der Waals surface area contributed by atoms with Crippen LogP contribution in [0.5, 0.6) is 0 Å².